The highest BCUT2D eigenvalue weighted by atomic mass is 19.4. The quantitative estimate of drug-likeness (QED) is 0.445. The van der Waals surface area contributed by atoms with Gasteiger partial charge in [-0.15, -0.1) is 0 Å². The van der Waals surface area contributed by atoms with E-state index in [1.807, 2.05) is 0 Å². The van der Waals surface area contributed by atoms with Gasteiger partial charge in [-0.05, 0) is 12.1 Å². The molecule has 0 saturated heterocycles. The topological polar surface area (TPSA) is 0 Å². The molecule has 0 amide bonds. The molecule has 0 bridgehead atoms. The molecule has 0 nitrogen and oxygen atoms in total. The maximum absolute atomic E-state index is 12.4. The smallest absolute Gasteiger partial charge is 0.204 e. The highest BCUT2D eigenvalue weighted by Crippen LogP contribution is 2.32. The van der Waals surface area contributed by atoms with Crippen LogP contribution in [0.25, 0.3) is 0 Å². The number of benzene rings is 1. The van der Waals surface area contributed by atoms with Gasteiger partial charge in [0.1, 0.15) is 0 Å². The molecule has 72 valence electrons. The van der Waals surface area contributed by atoms with Gasteiger partial charge in [0.15, 0.2) is 17.5 Å². The molecule has 1 aromatic carbocycles. The lowest BCUT2D eigenvalue weighted by Gasteiger charge is -2.07. The van der Waals surface area contributed by atoms with Crippen molar-refractivity contribution in [2.45, 2.75) is 6.18 Å². The fraction of sp³-hybridized carbons (Fsp3) is 0.143. The molecule has 0 spiro atoms. The zero-order chi connectivity index (χ0) is 10.2. The summed E-state index contributed by atoms with van der Waals surface area (Å²) in [7, 11) is 0. The van der Waals surface area contributed by atoms with Crippen LogP contribution in [0.1, 0.15) is 5.56 Å². The maximum Gasteiger partial charge on any atom is 0.419 e. The van der Waals surface area contributed by atoms with Gasteiger partial charge in [-0.2, -0.15) is 13.2 Å². The fourth-order valence-corrected chi connectivity index (χ4v) is 0.745. The zero-order valence-corrected chi connectivity index (χ0v) is 5.92. The van der Waals surface area contributed by atoms with Crippen molar-refractivity contribution in [3.63, 3.8) is 0 Å². The van der Waals surface area contributed by atoms with Crippen molar-refractivity contribution in [3.8, 4) is 0 Å². The van der Waals surface area contributed by atoms with Crippen molar-refractivity contribution in [1.29, 1.82) is 0 Å². The standard InChI is InChI=1S/C7H2F6/c8-4-2-1-3(7(11,12)13)5(9)6(4)10/h1-2H. The van der Waals surface area contributed by atoms with E-state index in [1.54, 1.807) is 0 Å². The lowest BCUT2D eigenvalue weighted by atomic mass is 10.2. The van der Waals surface area contributed by atoms with Gasteiger partial charge in [0.25, 0.3) is 0 Å². The molecule has 13 heavy (non-hydrogen) atoms. The van der Waals surface area contributed by atoms with Crippen molar-refractivity contribution < 1.29 is 26.3 Å². The molecule has 0 N–H and O–H groups in total. The molecule has 0 atom stereocenters. The summed E-state index contributed by atoms with van der Waals surface area (Å²) in [6.07, 6.45) is -5.02. The minimum Gasteiger partial charge on any atom is -0.204 e. The van der Waals surface area contributed by atoms with Crippen molar-refractivity contribution in [2.75, 3.05) is 0 Å². The molecule has 0 radical (unpaired) electrons. The van der Waals surface area contributed by atoms with Gasteiger partial charge in [0, 0.05) is 0 Å². The summed E-state index contributed by atoms with van der Waals surface area (Å²) in [4.78, 5) is 0. The molecule has 0 aliphatic rings. The number of halogens is 6. The molecule has 0 unspecified atom stereocenters. The van der Waals surface area contributed by atoms with E-state index in [-0.39, 0.29) is 12.1 Å². The van der Waals surface area contributed by atoms with E-state index in [0.29, 0.717) is 0 Å². The predicted octanol–water partition coefficient (Wildman–Crippen LogP) is 3.12. The first-order valence-corrected chi connectivity index (χ1v) is 3.04. The molecule has 0 fully saturated rings. The van der Waals surface area contributed by atoms with Gasteiger partial charge < -0.3 is 0 Å². The SMILES string of the molecule is Fc1ccc(C(F)(F)F)c(F)c1F. The van der Waals surface area contributed by atoms with Crippen LogP contribution in [-0.2, 0) is 6.18 Å². The highest BCUT2D eigenvalue weighted by molar-refractivity contribution is 5.22. The van der Waals surface area contributed by atoms with Crippen LogP contribution >= 0.6 is 0 Å². The Labute approximate surface area is 68.8 Å². The Morgan fingerprint density at radius 3 is 1.85 bits per heavy atom. The second-order valence-corrected chi connectivity index (χ2v) is 2.22. The summed E-state index contributed by atoms with van der Waals surface area (Å²) in [6, 6.07) is 0.370. The minimum absolute atomic E-state index is 0.147. The summed E-state index contributed by atoms with van der Waals surface area (Å²) >= 11 is 0. The van der Waals surface area contributed by atoms with E-state index in [4.69, 9.17) is 0 Å². The van der Waals surface area contributed by atoms with Crippen molar-refractivity contribution in [2.24, 2.45) is 0 Å². The summed E-state index contributed by atoms with van der Waals surface area (Å²) in [5.41, 5.74) is -1.81. The number of hydrogen-bond donors (Lipinski definition) is 0. The molecule has 1 rings (SSSR count). The largest absolute Gasteiger partial charge is 0.419 e. The van der Waals surface area contributed by atoms with E-state index >= 15 is 0 Å². The summed E-state index contributed by atoms with van der Waals surface area (Å²) in [5.74, 6) is -5.98. The van der Waals surface area contributed by atoms with Crippen LogP contribution in [0, 0.1) is 17.5 Å². The predicted molar refractivity (Wildman–Crippen MR) is 31.3 cm³/mol. The highest BCUT2D eigenvalue weighted by Gasteiger charge is 2.35. The van der Waals surface area contributed by atoms with Crippen LogP contribution < -0.4 is 0 Å². The third-order valence-electron chi connectivity index (χ3n) is 1.34. The lowest BCUT2D eigenvalue weighted by molar-refractivity contribution is -0.140. The van der Waals surface area contributed by atoms with Gasteiger partial charge in [0.2, 0.25) is 0 Å². The van der Waals surface area contributed by atoms with Crippen LogP contribution in [0.15, 0.2) is 12.1 Å². The Morgan fingerprint density at radius 2 is 1.38 bits per heavy atom. The monoisotopic (exact) mass is 200 g/mol. The lowest BCUT2D eigenvalue weighted by Crippen LogP contribution is -2.10. The summed E-state index contributed by atoms with van der Waals surface area (Å²) in [5, 5.41) is 0. The third kappa shape index (κ3) is 1.76. The van der Waals surface area contributed by atoms with Crippen LogP contribution in [0.4, 0.5) is 26.3 Å². The van der Waals surface area contributed by atoms with E-state index in [2.05, 4.69) is 0 Å². The molecule has 1 aromatic rings. The molecular weight excluding hydrogens is 198 g/mol. The van der Waals surface area contributed by atoms with Gasteiger partial charge >= 0.3 is 6.18 Å². The Bertz CT molecular complexity index is 326. The Balaban J connectivity index is 3.35. The van der Waals surface area contributed by atoms with Gasteiger partial charge in [0.05, 0.1) is 5.56 Å². The first kappa shape index (κ1) is 9.88. The molecule has 6 heteroatoms. The fourth-order valence-electron chi connectivity index (χ4n) is 0.745. The van der Waals surface area contributed by atoms with Crippen LogP contribution in [0.5, 0.6) is 0 Å². The summed E-state index contributed by atoms with van der Waals surface area (Å²) < 4.78 is 72.4. The molecule has 0 aromatic heterocycles. The molecule has 0 aliphatic heterocycles. The first-order valence-electron chi connectivity index (χ1n) is 3.04. The van der Waals surface area contributed by atoms with E-state index in [1.165, 1.54) is 0 Å². The normalized spacial score (nSPS) is 11.8. The first-order chi connectivity index (χ1) is 5.84. The van der Waals surface area contributed by atoms with E-state index < -0.39 is 29.2 Å². The second-order valence-electron chi connectivity index (χ2n) is 2.22. The van der Waals surface area contributed by atoms with E-state index in [9.17, 15) is 26.3 Å². The average Bonchev–Trinajstić information content (AvgIpc) is 1.98. The van der Waals surface area contributed by atoms with Gasteiger partial charge in [-0.1, -0.05) is 0 Å². The minimum atomic E-state index is -5.02. The zero-order valence-electron chi connectivity index (χ0n) is 5.92. The third-order valence-corrected chi connectivity index (χ3v) is 1.34. The number of rotatable bonds is 0. The Kier molecular flexibility index (Phi) is 2.23. The van der Waals surface area contributed by atoms with Gasteiger partial charge in [-0.25, -0.2) is 13.2 Å². The Hall–Kier alpha value is -1.20. The van der Waals surface area contributed by atoms with Crippen molar-refractivity contribution in [1.82, 2.24) is 0 Å². The van der Waals surface area contributed by atoms with Gasteiger partial charge in [-0.3, -0.25) is 0 Å². The Morgan fingerprint density at radius 1 is 0.846 bits per heavy atom. The van der Waals surface area contributed by atoms with Crippen LogP contribution in [-0.4, -0.2) is 0 Å². The molecule has 0 aliphatic carbocycles. The molecular formula is C7H2F6. The van der Waals surface area contributed by atoms with Crippen LogP contribution in [0.2, 0.25) is 0 Å². The molecule has 0 saturated carbocycles. The summed E-state index contributed by atoms with van der Waals surface area (Å²) in [6.45, 7) is 0. The number of alkyl halides is 3. The second kappa shape index (κ2) is 2.93. The van der Waals surface area contributed by atoms with Crippen molar-refractivity contribution in [3.05, 3.63) is 35.1 Å². The molecule has 0 heterocycles. The van der Waals surface area contributed by atoms with E-state index in [0.717, 1.165) is 0 Å². The van der Waals surface area contributed by atoms with Crippen LogP contribution in [0.3, 0.4) is 0 Å². The maximum atomic E-state index is 12.4. The average molecular weight is 200 g/mol. The number of hydrogen-bond acceptors (Lipinski definition) is 0. The van der Waals surface area contributed by atoms with Crippen molar-refractivity contribution >= 4 is 0 Å².